The highest BCUT2D eigenvalue weighted by molar-refractivity contribution is 5.27. The van der Waals surface area contributed by atoms with Gasteiger partial charge in [-0.25, -0.2) is 0 Å². The first-order valence-electron chi connectivity index (χ1n) is 4.82. The van der Waals surface area contributed by atoms with E-state index in [2.05, 4.69) is 41.1 Å². The van der Waals surface area contributed by atoms with E-state index in [9.17, 15) is 0 Å². The summed E-state index contributed by atoms with van der Waals surface area (Å²) in [6.45, 7) is 5.58. The molecule has 2 nitrogen and oxygen atoms in total. The minimum absolute atomic E-state index is 0.918. The van der Waals surface area contributed by atoms with E-state index in [0.717, 1.165) is 13.1 Å². The third-order valence-electron chi connectivity index (χ3n) is 2.22. The quantitative estimate of drug-likeness (QED) is 0.763. The second-order valence-electron chi connectivity index (χ2n) is 3.40. The van der Waals surface area contributed by atoms with Crippen LogP contribution in [0.1, 0.15) is 11.1 Å². The topological polar surface area (TPSA) is 15.3 Å². The van der Waals surface area contributed by atoms with E-state index < -0.39 is 0 Å². The third-order valence-corrected chi connectivity index (χ3v) is 2.22. The zero-order valence-electron chi connectivity index (χ0n) is 8.96. The molecule has 0 aliphatic heterocycles. The maximum Gasteiger partial charge on any atom is 0.0423 e. The molecule has 0 spiro atoms. The lowest BCUT2D eigenvalue weighted by molar-refractivity contribution is 0.450. The fraction of sp³-hybridized carbons (Fsp3) is 0.333. The van der Waals surface area contributed by atoms with Crippen LogP contribution in [-0.2, 0) is 13.1 Å². The largest absolute Gasteiger partial charge is 0.377 e. The Balaban J connectivity index is 2.78. The first kappa shape index (κ1) is 10.8. The Hall–Kier alpha value is -1.28. The Labute approximate surface area is 86.2 Å². The molecule has 0 amide bonds. The summed E-state index contributed by atoms with van der Waals surface area (Å²) in [4.78, 5) is 2.08. The molecule has 14 heavy (non-hydrogen) atoms. The summed E-state index contributed by atoms with van der Waals surface area (Å²) in [6.07, 6.45) is 1.84. The lowest BCUT2D eigenvalue weighted by atomic mass is 10.1. The van der Waals surface area contributed by atoms with Gasteiger partial charge in [-0.2, -0.15) is 0 Å². The summed E-state index contributed by atoms with van der Waals surface area (Å²) < 4.78 is 0. The number of hydrogen-bond acceptors (Lipinski definition) is 2. The van der Waals surface area contributed by atoms with Crippen molar-refractivity contribution in [3.63, 3.8) is 0 Å². The van der Waals surface area contributed by atoms with Crippen molar-refractivity contribution in [2.75, 3.05) is 14.1 Å². The van der Waals surface area contributed by atoms with Gasteiger partial charge in [0.05, 0.1) is 0 Å². The number of hydrogen-bond donors (Lipinski definition) is 1. The first-order chi connectivity index (χ1) is 6.77. The van der Waals surface area contributed by atoms with E-state index in [1.54, 1.807) is 0 Å². The van der Waals surface area contributed by atoms with Gasteiger partial charge in [-0.3, -0.25) is 0 Å². The van der Waals surface area contributed by atoms with Crippen LogP contribution in [0.15, 0.2) is 37.0 Å². The van der Waals surface area contributed by atoms with Crippen molar-refractivity contribution >= 4 is 0 Å². The van der Waals surface area contributed by atoms with E-state index in [0.29, 0.717) is 0 Å². The number of nitrogens with one attached hydrogen (secondary N) is 1. The summed E-state index contributed by atoms with van der Waals surface area (Å²) in [5.41, 5.74) is 2.70. The zero-order chi connectivity index (χ0) is 10.4. The molecule has 1 aromatic carbocycles. The van der Waals surface area contributed by atoms with E-state index in [-0.39, 0.29) is 0 Å². The Morgan fingerprint density at radius 1 is 1.36 bits per heavy atom. The van der Waals surface area contributed by atoms with Crippen LogP contribution in [0, 0.1) is 0 Å². The summed E-state index contributed by atoms with van der Waals surface area (Å²) in [5, 5.41) is 3.17. The van der Waals surface area contributed by atoms with Crippen LogP contribution in [0.3, 0.4) is 0 Å². The Bertz CT molecular complexity index is 294. The zero-order valence-corrected chi connectivity index (χ0v) is 8.96. The molecular weight excluding hydrogens is 172 g/mol. The molecule has 1 N–H and O–H groups in total. The maximum absolute atomic E-state index is 3.74. The molecule has 0 saturated heterocycles. The normalized spacial score (nSPS) is 9.86. The average molecular weight is 190 g/mol. The molecule has 0 radical (unpaired) electrons. The van der Waals surface area contributed by atoms with E-state index in [4.69, 9.17) is 0 Å². The molecule has 0 aliphatic rings. The van der Waals surface area contributed by atoms with Gasteiger partial charge < -0.3 is 10.2 Å². The molecular formula is C12H18N2. The highest BCUT2D eigenvalue weighted by Crippen LogP contribution is 2.10. The van der Waals surface area contributed by atoms with Gasteiger partial charge >= 0.3 is 0 Å². The molecule has 0 saturated carbocycles. The molecule has 76 valence electrons. The van der Waals surface area contributed by atoms with E-state index in [1.807, 2.05) is 20.3 Å². The van der Waals surface area contributed by atoms with Gasteiger partial charge in [0.1, 0.15) is 0 Å². The molecule has 0 atom stereocenters. The van der Waals surface area contributed by atoms with Gasteiger partial charge in [0.25, 0.3) is 0 Å². The second kappa shape index (κ2) is 5.45. The molecule has 0 aliphatic carbocycles. The predicted octanol–water partition coefficient (Wildman–Crippen LogP) is 1.98. The lowest BCUT2D eigenvalue weighted by Gasteiger charge is -2.16. The second-order valence-corrected chi connectivity index (χ2v) is 3.40. The smallest absolute Gasteiger partial charge is 0.0423 e. The van der Waals surface area contributed by atoms with Gasteiger partial charge in [0.2, 0.25) is 0 Å². The Kier molecular flexibility index (Phi) is 4.20. The van der Waals surface area contributed by atoms with Crippen molar-refractivity contribution in [1.82, 2.24) is 10.2 Å². The predicted molar refractivity (Wildman–Crippen MR) is 60.9 cm³/mol. The van der Waals surface area contributed by atoms with Crippen LogP contribution in [-0.4, -0.2) is 19.0 Å². The van der Waals surface area contributed by atoms with Crippen LogP contribution in [0.5, 0.6) is 0 Å². The molecule has 0 unspecified atom stereocenters. The summed E-state index contributed by atoms with van der Waals surface area (Å²) in [6, 6.07) is 8.46. The molecule has 0 heterocycles. The summed E-state index contributed by atoms with van der Waals surface area (Å²) in [7, 11) is 4.00. The van der Waals surface area contributed by atoms with Crippen LogP contribution < -0.4 is 5.32 Å². The fourth-order valence-electron chi connectivity index (χ4n) is 1.41. The van der Waals surface area contributed by atoms with Gasteiger partial charge in [-0.05, 0) is 24.4 Å². The van der Waals surface area contributed by atoms with Crippen LogP contribution in [0.2, 0.25) is 0 Å². The van der Waals surface area contributed by atoms with Crippen LogP contribution in [0.4, 0.5) is 0 Å². The fourth-order valence-corrected chi connectivity index (χ4v) is 1.41. The van der Waals surface area contributed by atoms with E-state index in [1.165, 1.54) is 11.1 Å². The van der Waals surface area contributed by atoms with Crippen LogP contribution in [0.25, 0.3) is 0 Å². The maximum atomic E-state index is 3.74. The molecule has 1 aromatic rings. The van der Waals surface area contributed by atoms with Crippen molar-refractivity contribution in [3.8, 4) is 0 Å². The Morgan fingerprint density at radius 2 is 2.00 bits per heavy atom. The average Bonchev–Trinajstić information content (AvgIpc) is 2.21. The number of nitrogens with zero attached hydrogens (tertiary/aromatic N) is 1. The minimum Gasteiger partial charge on any atom is -0.377 e. The van der Waals surface area contributed by atoms with Crippen molar-refractivity contribution in [1.29, 1.82) is 0 Å². The number of rotatable bonds is 5. The molecule has 1 rings (SSSR count). The van der Waals surface area contributed by atoms with Crippen molar-refractivity contribution in [2.24, 2.45) is 0 Å². The van der Waals surface area contributed by atoms with Crippen molar-refractivity contribution < 1.29 is 0 Å². The summed E-state index contributed by atoms with van der Waals surface area (Å²) in [5.74, 6) is 0. The van der Waals surface area contributed by atoms with Gasteiger partial charge in [0.15, 0.2) is 0 Å². The Morgan fingerprint density at radius 3 is 2.57 bits per heavy atom. The summed E-state index contributed by atoms with van der Waals surface area (Å²) >= 11 is 0. The van der Waals surface area contributed by atoms with Crippen molar-refractivity contribution in [3.05, 3.63) is 48.2 Å². The standard InChI is InChI=1S/C12H18N2/c1-4-14(3)10-12-8-6-5-7-11(12)9-13-2/h4-8,13H,1,9-10H2,2-3H3. The minimum atomic E-state index is 0.918. The van der Waals surface area contributed by atoms with E-state index >= 15 is 0 Å². The first-order valence-corrected chi connectivity index (χ1v) is 4.82. The SMILES string of the molecule is C=CN(C)Cc1ccccc1CNC. The molecule has 2 heteroatoms. The highest BCUT2D eigenvalue weighted by Gasteiger charge is 2.01. The highest BCUT2D eigenvalue weighted by atomic mass is 15.1. The monoisotopic (exact) mass is 190 g/mol. The van der Waals surface area contributed by atoms with Crippen LogP contribution >= 0.6 is 0 Å². The van der Waals surface area contributed by atoms with Crippen molar-refractivity contribution in [2.45, 2.75) is 13.1 Å². The molecule has 0 fully saturated rings. The molecule has 0 aromatic heterocycles. The lowest BCUT2D eigenvalue weighted by Crippen LogP contribution is -2.13. The van der Waals surface area contributed by atoms with Gasteiger partial charge in [0, 0.05) is 20.1 Å². The van der Waals surface area contributed by atoms with Gasteiger partial charge in [-0.1, -0.05) is 30.8 Å². The number of benzene rings is 1. The third kappa shape index (κ3) is 2.89. The molecule has 0 bridgehead atoms. The van der Waals surface area contributed by atoms with Gasteiger partial charge in [-0.15, -0.1) is 0 Å².